The molecule has 2 aliphatic heterocycles. The molecule has 25 heavy (non-hydrogen) atoms. The fourth-order valence-electron chi connectivity index (χ4n) is 3.98. The van der Waals surface area contributed by atoms with E-state index in [-0.39, 0.29) is 18.2 Å². The zero-order chi connectivity index (χ0) is 17.5. The van der Waals surface area contributed by atoms with Gasteiger partial charge in [-0.1, -0.05) is 60.7 Å². The molecule has 0 bridgehead atoms. The molecule has 0 spiro atoms. The lowest BCUT2D eigenvalue weighted by Crippen LogP contribution is -2.81. The van der Waals surface area contributed by atoms with Crippen LogP contribution in [-0.2, 0) is 20.9 Å². The van der Waals surface area contributed by atoms with Crippen molar-refractivity contribution in [1.29, 1.82) is 0 Å². The van der Waals surface area contributed by atoms with E-state index >= 15 is 0 Å². The topological polar surface area (TPSA) is 49.4 Å². The maximum absolute atomic E-state index is 12.8. The molecule has 4 rings (SSSR count). The predicted molar refractivity (Wildman–Crippen MR) is 99.0 cm³/mol. The molecule has 2 aromatic carbocycles. The van der Waals surface area contributed by atoms with Crippen LogP contribution in [0.25, 0.3) is 0 Å². The fourth-order valence-corrected chi connectivity index (χ4v) is 5.60. The lowest BCUT2D eigenvalue weighted by atomic mass is 9.75. The van der Waals surface area contributed by atoms with Gasteiger partial charge in [-0.25, -0.2) is 0 Å². The fraction of sp³-hybridized carbons (Fsp3) is 0.300. The Kier molecular flexibility index (Phi) is 3.84. The van der Waals surface area contributed by atoms with E-state index in [1.165, 1.54) is 0 Å². The molecule has 2 fully saturated rings. The molecule has 2 atom stereocenters. The van der Waals surface area contributed by atoms with Crippen molar-refractivity contribution in [3.8, 4) is 0 Å². The molecule has 2 heterocycles. The molecular formula is C20H20N2O2S. The van der Waals surface area contributed by atoms with E-state index < -0.39 is 10.4 Å². The van der Waals surface area contributed by atoms with E-state index in [0.29, 0.717) is 0 Å². The van der Waals surface area contributed by atoms with Gasteiger partial charge in [0.15, 0.2) is 5.54 Å². The zero-order valence-corrected chi connectivity index (χ0v) is 14.9. The molecule has 0 aromatic heterocycles. The van der Waals surface area contributed by atoms with Crippen molar-refractivity contribution < 1.29 is 9.59 Å². The Morgan fingerprint density at radius 2 is 1.76 bits per heavy atom. The first kappa shape index (κ1) is 16.2. The summed E-state index contributed by atoms with van der Waals surface area (Å²) in [6.45, 7) is 2.59. The molecule has 2 amide bonds. The summed E-state index contributed by atoms with van der Waals surface area (Å²) < 4.78 is 0. The lowest BCUT2D eigenvalue weighted by molar-refractivity contribution is -0.167. The third-order valence-corrected chi connectivity index (χ3v) is 6.79. The van der Waals surface area contributed by atoms with Crippen LogP contribution >= 0.6 is 11.8 Å². The molecule has 128 valence electrons. The molecule has 0 unspecified atom stereocenters. The first-order valence-corrected chi connectivity index (χ1v) is 9.43. The number of benzene rings is 2. The van der Waals surface area contributed by atoms with Crippen molar-refractivity contribution in [2.45, 2.75) is 23.8 Å². The van der Waals surface area contributed by atoms with Crippen molar-refractivity contribution in [2.75, 3.05) is 12.3 Å². The van der Waals surface area contributed by atoms with Crippen LogP contribution in [0.15, 0.2) is 60.7 Å². The number of thioether (sulfide) groups is 1. The van der Waals surface area contributed by atoms with Gasteiger partial charge < -0.3 is 10.2 Å². The van der Waals surface area contributed by atoms with Crippen LogP contribution in [0.2, 0.25) is 0 Å². The van der Waals surface area contributed by atoms with Crippen LogP contribution in [0.3, 0.4) is 0 Å². The minimum Gasteiger partial charge on any atom is -0.339 e. The minimum absolute atomic E-state index is 0.00256. The van der Waals surface area contributed by atoms with E-state index in [4.69, 9.17) is 0 Å². The number of fused-ring (bicyclic) bond motifs is 1. The molecule has 2 saturated heterocycles. The first-order valence-electron chi connectivity index (χ1n) is 8.44. The van der Waals surface area contributed by atoms with E-state index in [0.717, 1.165) is 23.4 Å². The molecule has 0 radical (unpaired) electrons. The number of nitrogens with one attached hydrogen (secondary N) is 1. The normalized spacial score (nSPS) is 27.6. The second-order valence-corrected chi connectivity index (χ2v) is 7.94. The number of rotatable bonds is 4. The zero-order valence-electron chi connectivity index (χ0n) is 14.1. The van der Waals surface area contributed by atoms with Crippen LogP contribution in [0.4, 0.5) is 0 Å². The van der Waals surface area contributed by atoms with Crippen molar-refractivity contribution in [1.82, 2.24) is 10.2 Å². The van der Waals surface area contributed by atoms with Gasteiger partial charge in [0.05, 0.1) is 6.42 Å². The Labute approximate surface area is 151 Å². The summed E-state index contributed by atoms with van der Waals surface area (Å²) in [6.07, 6.45) is 0.277. The molecule has 2 aliphatic rings. The van der Waals surface area contributed by atoms with Gasteiger partial charge in [0, 0.05) is 12.3 Å². The lowest BCUT2D eigenvalue weighted by Gasteiger charge is -2.60. The Balaban J connectivity index is 1.63. The van der Waals surface area contributed by atoms with Crippen LogP contribution in [0, 0.1) is 0 Å². The van der Waals surface area contributed by atoms with Gasteiger partial charge in [0.2, 0.25) is 5.91 Å². The van der Waals surface area contributed by atoms with Crippen LogP contribution in [0.1, 0.15) is 18.1 Å². The molecule has 5 heteroatoms. The smallest absolute Gasteiger partial charge is 0.253 e. The highest BCUT2D eigenvalue weighted by Gasteiger charge is 2.72. The van der Waals surface area contributed by atoms with Gasteiger partial charge in [-0.05, 0) is 18.1 Å². The molecule has 2 aromatic rings. The van der Waals surface area contributed by atoms with Crippen molar-refractivity contribution in [3.63, 3.8) is 0 Å². The van der Waals surface area contributed by atoms with Crippen LogP contribution in [-0.4, -0.2) is 34.6 Å². The Morgan fingerprint density at radius 1 is 1.12 bits per heavy atom. The SMILES string of the molecule is C[C@@]1(NC(=O)Cc2ccccc2)C(=O)N2CCS[C@@]21c1ccccc1. The van der Waals surface area contributed by atoms with Gasteiger partial charge >= 0.3 is 0 Å². The maximum atomic E-state index is 12.8. The predicted octanol–water partition coefficient (Wildman–Crippen LogP) is 2.55. The summed E-state index contributed by atoms with van der Waals surface area (Å²) in [5.74, 6) is 0.761. The molecule has 4 nitrogen and oxygen atoms in total. The monoisotopic (exact) mass is 352 g/mol. The minimum atomic E-state index is -0.915. The molecule has 1 N–H and O–H groups in total. The van der Waals surface area contributed by atoms with E-state index in [2.05, 4.69) is 5.32 Å². The number of β-lactam (4-membered cyclic amide) rings is 1. The van der Waals surface area contributed by atoms with E-state index in [1.807, 2.05) is 72.5 Å². The maximum Gasteiger partial charge on any atom is 0.253 e. The quantitative estimate of drug-likeness (QED) is 0.861. The summed E-state index contributed by atoms with van der Waals surface area (Å²) >= 11 is 1.74. The second-order valence-electron chi connectivity index (χ2n) is 6.65. The summed E-state index contributed by atoms with van der Waals surface area (Å²) in [5.41, 5.74) is 1.10. The van der Waals surface area contributed by atoms with Gasteiger partial charge in [-0.15, -0.1) is 11.8 Å². The largest absolute Gasteiger partial charge is 0.339 e. The number of carbonyl (C=O) groups excluding carboxylic acids is 2. The highest BCUT2D eigenvalue weighted by atomic mass is 32.2. The average Bonchev–Trinajstić information content (AvgIpc) is 3.06. The molecular weight excluding hydrogens is 332 g/mol. The van der Waals surface area contributed by atoms with Gasteiger partial charge in [-0.2, -0.15) is 0 Å². The molecule has 0 aliphatic carbocycles. The van der Waals surface area contributed by atoms with Crippen LogP contribution in [0.5, 0.6) is 0 Å². The average molecular weight is 352 g/mol. The number of hydrogen-bond acceptors (Lipinski definition) is 3. The van der Waals surface area contributed by atoms with Crippen molar-refractivity contribution >= 4 is 23.6 Å². The Morgan fingerprint density at radius 3 is 2.44 bits per heavy atom. The van der Waals surface area contributed by atoms with Crippen molar-refractivity contribution in [3.05, 3.63) is 71.8 Å². The summed E-state index contributed by atoms with van der Waals surface area (Å²) in [7, 11) is 0. The number of nitrogens with zero attached hydrogens (tertiary/aromatic N) is 1. The summed E-state index contributed by atoms with van der Waals surface area (Å²) in [6, 6.07) is 19.6. The Hall–Kier alpha value is -2.27. The van der Waals surface area contributed by atoms with Gasteiger partial charge in [0.25, 0.3) is 5.91 Å². The highest BCUT2D eigenvalue weighted by Crippen LogP contribution is 2.59. The van der Waals surface area contributed by atoms with Crippen LogP contribution < -0.4 is 5.32 Å². The van der Waals surface area contributed by atoms with Gasteiger partial charge in [-0.3, -0.25) is 9.59 Å². The van der Waals surface area contributed by atoms with Crippen molar-refractivity contribution in [2.24, 2.45) is 0 Å². The highest BCUT2D eigenvalue weighted by molar-refractivity contribution is 8.00. The Bertz CT molecular complexity index is 811. The first-order chi connectivity index (χ1) is 12.1. The molecule has 0 saturated carbocycles. The summed E-state index contributed by atoms with van der Waals surface area (Å²) in [4.78, 5) is 26.9. The number of carbonyl (C=O) groups is 2. The summed E-state index contributed by atoms with van der Waals surface area (Å²) in [5, 5.41) is 3.05. The van der Waals surface area contributed by atoms with E-state index in [9.17, 15) is 9.59 Å². The second kappa shape index (κ2) is 5.92. The number of hydrogen-bond donors (Lipinski definition) is 1. The third kappa shape index (κ3) is 2.29. The standard InChI is InChI=1S/C20H20N2O2S/c1-19(21-17(23)14-15-8-4-2-5-9-15)18(24)22-12-13-25-20(19,22)16-10-6-3-7-11-16/h2-11H,12-14H2,1H3,(H,21,23)/t19-,20-/m1/s1. The van der Waals surface area contributed by atoms with Gasteiger partial charge in [0.1, 0.15) is 4.87 Å². The number of amides is 2. The third-order valence-electron chi connectivity index (χ3n) is 5.12. The van der Waals surface area contributed by atoms with E-state index in [1.54, 1.807) is 11.8 Å².